The van der Waals surface area contributed by atoms with Crippen LogP contribution >= 0.6 is 0 Å². The second kappa shape index (κ2) is 3.62. The van der Waals surface area contributed by atoms with E-state index in [9.17, 15) is 0 Å². The van der Waals surface area contributed by atoms with Crippen molar-refractivity contribution in [2.24, 2.45) is 10.8 Å². The van der Waals surface area contributed by atoms with Crippen molar-refractivity contribution in [3.05, 3.63) is 23.7 Å². The molecule has 19 heavy (non-hydrogen) atoms. The highest BCUT2D eigenvalue weighted by atomic mass is 16.5. The molecule has 0 unspecified atom stereocenters. The van der Waals surface area contributed by atoms with Crippen molar-refractivity contribution in [3.8, 4) is 11.5 Å². The first kappa shape index (κ1) is 12.3. The van der Waals surface area contributed by atoms with E-state index in [0.29, 0.717) is 23.3 Å². The topological polar surface area (TPSA) is 64.7 Å². The lowest BCUT2D eigenvalue weighted by atomic mass is 10.0. The van der Waals surface area contributed by atoms with Gasteiger partial charge in [0.05, 0.1) is 5.69 Å². The lowest BCUT2D eigenvalue weighted by Crippen LogP contribution is -1.95. The molecule has 2 aromatic heterocycles. The predicted octanol–water partition coefficient (Wildman–Crippen LogP) is 2.98. The van der Waals surface area contributed by atoms with E-state index < -0.39 is 0 Å². The quantitative estimate of drug-likeness (QED) is 0.828. The zero-order valence-corrected chi connectivity index (χ0v) is 11.9. The molecular weight excluding hydrogens is 240 g/mol. The Morgan fingerprint density at radius 1 is 1.05 bits per heavy atom. The molecule has 0 bridgehead atoms. The highest BCUT2D eigenvalue weighted by Crippen LogP contribution is 2.73. The molecular formula is C14H18N4O. The third-order valence-electron chi connectivity index (χ3n) is 4.74. The van der Waals surface area contributed by atoms with E-state index in [-0.39, 0.29) is 10.8 Å². The standard InChI is InChI=1S/C14H18N4O/c1-8-6-7-9(17-16-8)11-15-12(19-18-11)10-13(2,3)14(10,4)5/h6-7,10H,1-5H3. The molecule has 3 rings (SSSR count). The van der Waals surface area contributed by atoms with Crippen LogP contribution in [0.2, 0.25) is 0 Å². The summed E-state index contributed by atoms with van der Waals surface area (Å²) in [5.74, 6) is 1.52. The molecule has 0 N–H and O–H groups in total. The summed E-state index contributed by atoms with van der Waals surface area (Å²) in [6, 6.07) is 3.75. The van der Waals surface area contributed by atoms with Crippen molar-refractivity contribution in [3.63, 3.8) is 0 Å². The molecule has 0 radical (unpaired) electrons. The minimum atomic E-state index is 0.190. The van der Waals surface area contributed by atoms with Gasteiger partial charge in [-0.3, -0.25) is 0 Å². The Kier molecular flexibility index (Phi) is 2.34. The molecule has 5 heteroatoms. The first-order chi connectivity index (χ1) is 8.84. The number of nitrogens with zero attached hydrogens (tertiary/aromatic N) is 4. The Morgan fingerprint density at radius 2 is 1.74 bits per heavy atom. The molecule has 0 aromatic carbocycles. The third kappa shape index (κ3) is 1.68. The van der Waals surface area contributed by atoms with Gasteiger partial charge in [0, 0.05) is 5.92 Å². The molecule has 2 heterocycles. The monoisotopic (exact) mass is 258 g/mol. The molecule has 0 spiro atoms. The van der Waals surface area contributed by atoms with Gasteiger partial charge in [0.15, 0.2) is 0 Å². The molecule has 2 aromatic rings. The summed E-state index contributed by atoms with van der Waals surface area (Å²) >= 11 is 0. The number of aromatic nitrogens is 4. The average molecular weight is 258 g/mol. The van der Waals surface area contributed by atoms with Gasteiger partial charge in [-0.25, -0.2) is 0 Å². The number of aryl methyl sites for hydroxylation is 1. The summed E-state index contributed by atoms with van der Waals surface area (Å²) in [5, 5.41) is 12.1. The second-order valence-electron chi connectivity index (χ2n) is 6.39. The van der Waals surface area contributed by atoms with Crippen molar-refractivity contribution in [1.29, 1.82) is 0 Å². The summed E-state index contributed by atoms with van der Waals surface area (Å²) in [5.41, 5.74) is 1.90. The molecule has 5 nitrogen and oxygen atoms in total. The SMILES string of the molecule is Cc1ccc(-c2noc(C3C(C)(C)C3(C)C)n2)nn1. The van der Waals surface area contributed by atoms with Crippen LogP contribution in [0.15, 0.2) is 16.7 Å². The van der Waals surface area contributed by atoms with Crippen molar-refractivity contribution in [1.82, 2.24) is 20.3 Å². The van der Waals surface area contributed by atoms with Gasteiger partial charge >= 0.3 is 0 Å². The molecule has 1 aliphatic rings. The lowest BCUT2D eigenvalue weighted by Gasteiger charge is -2.03. The Bertz CT molecular complexity index is 599. The fourth-order valence-electron chi connectivity index (χ4n) is 2.79. The van der Waals surface area contributed by atoms with Gasteiger partial charge in [0.2, 0.25) is 11.7 Å². The summed E-state index contributed by atoms with van der Waals surface area (Å²) in [7, 11) is 0. The predicted molar refractivity (Wildman–Crippen MR) is 70.4 cm³/mol. The van der Waals surface area contributed by atoms with Crippen LogP contribution in [-0.4, -0.2) is 20.3 Å². The van der Waals surface area contributed by atoms with Crippen LogP contribution in [0.25, 0.3) is 11.5 Å². The van der Waals surface area contributed by atoms with Crippen LogP contribution in [0.5, 0.6) is 0 Å². The minimum absolute atomic E-state index is 0.190. The van der Waals surface area contributed by atoms with Gasteiger partial charge in [-0.05, 0) is 29.9 Å². The molecule has 0 atom stereocenters. The van der Waals surface area contributed by atoms with E-state index in [1.54, 1.807) is 0 Å². The van der Waals surface area contributed by atoms with Crippen LogP contribution in [0.4, 0.5) is 0 Å². The Hall–Kier alpha value is -1.78. The van der Waals surface area contributed by atoms with Gasteiger partial charge in [-0.2, -0.15) is 10.1 Å². The maximum absolute atomic E-state index is 5.42. The first-order valence-electron chi connectivity index (χ1n) is 6.48. The van der Waals surface area contributed by atoms with Crippen molar-refractivity contribution in [2.45, 2.75) is 40.5 Å². The smallest absolute Gasteiger partial charge is 0.231 e. The van der Waals surface area contributed by atoms with E-state index in [2.05, 4.69) is 48.0 Å². The van der Waals surface area contributed by atoms with Gasteiger partial charge in [0.1, 0.15) is 5.69 Å². The van der Waals surface area contributed by atoms with Crippen LogP contribution in [0, 0.1) is 17.8 Å². The molecule has 100 valence electrons. The highest BCUT2D eigenvalue weighted by Gasteiger charge is 2.67. The molecule has 0 amide bonds. The van der Waals surface area contributed by atoms with E-state index in [4.69, 9.17) is 4.52 Å². The highest BCUT2D eigenvalue weighted by molar-refractivity contribution is 5.47. The number of hydrogen-bond donors (Lipinski definition) is 0. The van der Waals surface area contributed by atoms with Gasteiger partial charge in [0.25, 0.3) is 0 Å². The average Bonchev–Trinajstić information content (AvgIpc) is 2.71. The van der Waals surface area contributed by atoms with E-state index >= 15 is 0 Å². The first-order valence-corrected chi connectivity index (χ1v) is 6.48. The summed E-state index contributed by atoms with van der Waals surface area (Å²) in [6.45, 7) is 10.8. The van der Waals surface area contributed by atoms with Crippen molar-refractivity contribution < 1.29 is 4.52 Å². The molecule has 1 aliphatic carbocycles. The van der Waals surface area contributed by atoms with Crippen LogP contribution < -0.4 is 0 Å². The number of rotatable bonds is 2. The van der Waals surface area contributed by atoms with E-state index in [1.807, 2.05) is 19.1 Å². The molecule has 1 saturated carbocycles. The Balaban J connectivity index is 1.91. The summed E-state index contributed by atoms with van der Waals surface area (Å²) in [6.07, 6.45) is 0. The van der Waals surface area contributed by atoms with Crippen molar-refractivity contribution in [2.75, 3.05) is 0 Å². The second-order valence-corrected chi connectivity index (χ2v) is 6.39. The normalized spacial score (nSPS) is 20.5. The fraction of sp³-hybridized carbons (Fsp3) is 0.571. The molecule has 0 saturated heterocycles. The van der Waals surface area contributed by atoms with Gasteiger partial charge in [-0.15, -0.1) is 5.10 Å². The maximum atomic E-state index is 5.42. The zero-order chi connectivity index (χ0) is 13.8. The number of hydrogen-bond acceptors (Lipinski definition) is 5. The largest absolute Gasteiger partial charge is 0.339 e. The summed E-state index contributed by atoms with van der Waals surface area (Å²) in [4.78, 5) is 4.48. The van der Waals surface area contributed by atoms with E-state index in [0.717, 1.165) is 5.69 Å². The van der Waals surface area contributed by atoms with Crippen LogP contribution in [-0.2, 0) is 0 Å². The minimum Gasteiger partial charge on any atom is -0.339 e. The summed E-state index contributed by atoms with van der Waals surface area (Å²) < 4.78 is 5.42. The fourth-order valence-corrected chi connectivity index (χ4v) is 2.79. The molecule has 0 aliphatic heterocycles. The Labute approximate surface area is 112 Å². The third-order valence-corrected chi connectivity index (χ3v) is 4.74. The van der Waals surface area contributed by atoms with Gasteiger partial charge in [-0.1, -0.05) is 32.9 Å². The van der Waals surface area contributed by atoms with Crippen LogP contribution in [0.3, 0.4) is 0 Å². The van der Waals surface area contributed by atoms with E-state index in [1.165, 1.54) is 0 Å². The maximum Gasteiger partial charge on any atom is 0.231 e. The zero-order valence-electron chi connectivity index (χ0n) is 11.9. The lowest BCUT2D eigenvalue weighted by molar-refractivity contribution is 0.365. The van der Waals surface area contributed by atoms with Crippen molar-refractivity contribution >= 4 is 0 Å². The van der Waals surface area contributed by atoms with Crippen LogP contribution in [0.1, 0.15) is 45.2 Å². The molecule has 1 fully saturated rings. The van der Waals surface area contributed by atoms with Gasteiger partial charge < -0.3 is 4.52 Å². The Morgan fingerprint density at radius 3 is 2.26 bits per heavy atom.